The second kappa shape index (κ2) is 8.94. The van der Waals surface area contributed by atoms with Crippen LogP contribution in [0.25, 0.3) is 11.0 Å². The molecule has 3 aliphatic rings. The van der Waals surface area contributed by atoms with Crippen LogP contribution < -0.4 is 15.8 Å². The molecular formula is C29H36N6O2. The zero-order valence-corrected chi connectivity index (χ0v) is 22.3. The molecule has 194 valence electrons. The second-order valence-corrected chi connectivity index (χ2v) is 11.6. The molecule has 6 rings (SSSR count). The van der Waals surface area contributed by atoms with E-state index >= 15 is 0 Å². The van der Waals surface area contributed by atoms with Crippen molar-refractivity contribution < 1.29 is 4.79 Å². The summed E-state index contributed by atoms with van der Waals surface area (Å²) < 4.78 is 1.75. The third-order valence-electron chi connectivity index (χ3n) is 8.60. The van der Waals surface area contributed by atoms with Crippen molar-refractivity contribution in [3.63, 3.8) is 0 Å². The number of aryl methyl sites for hydroxylation is 1. The Morgan fingerprint density at radius 2 is 1.76 bits per heavy atom. The van der Waals surface area contributed by atoms with Crippen molar-refractivity contribution in [2.24, 2.45) is 5.41 Å². The number of fused-ring (bicyclic) bond motifs is 1. The first-order valence-electron chi connectivity index (χ1n) is 13.5. The fourth-order valence-electron chi connectivity index (χ4n) is 6.52. The number of benzene rings is 1. The molecule has 1 aliphatic carbocycles. The normalized spacial score (nSPS) is 19.4. The SMILES string of the molecule is CC(=O)c1c(C)c2cnc(Nc3ccc(N4CC5(C4)CN(C(C)C)C5)cc3)nc2n(C2CCCC2)c1=O. The van der Waals surface area contributed by atoms with Crippen molar-refractivity contribution in [1.29, 1.82) is 0 Å². The summed E-state index contributed by atoms with van der Waals surface area (Å²) in [5, 5.41) is 4.08. The maximum absolute atomic E-state index is 13.4. The summed E-state index contributed by atoms with van der Waals surface area (Å²) in [6.07, 6.45) is 5.76. The first-order chi connectivity index (χ1) is 17.7. The molecule has 1 N–H and O–H groups in total. The lowest BCUT2D eigenvalue weighted by Gasteiger charge is -2.62. The summed E-state index contributed by atoms with van der Waals surface area (Å²) >= 11 is 0. The highest BCUT2D eigenvalue weighted by molar-refractivity contribution is 5.99. The van der Waals surface area contributed by atoms with Crippen LogP contribution >= 0.6 is 0 Å². The Kier molecular flexibility index (Phi) is 5.82. The molecule has 37 heavy (non-hydrogen) atoms. The van der Waals surface area contributed by atoms with E-state index in [1.165, 1.54) is 25.7 Å². The van der Waals surface area contributed by atoms with Gasteiger partial charge in [0.15, 0.2) is 5.78 Å². The van der Waals surface area contributed by atoms with Crippen LogP contribution in [0.15, 0.2) is 35.3 Å². The molecule has 0 unspecified atom stereocenters. The minimum absolute atomic E-state index is 0.0684. The number of carbonyl (C=O) groups excluding carboxylic acids is 1. The van der Waals surface area contributed by atoms with Crippen LogP contribution in [0.3, 0.4) is 0 Å². The largest absolute Gasteiger partial charge is 0.370 e. The zero-order chi connectivity index (χ0) is 25.9. The molecule has 3 fully saturated rings. The van der Waals surface area contributed by atoms with Gasteiger partial charge in [-0.05, 0) is 70.4 Å². The van der Waals surface area contributed by atoms with Gasteiger partial charge in [0.25, 0.3) is 5.56 Å². The van der Waals surface area contributed by atoms with Gasteiger partial charge in [-0.2, -0.15) is 4.98 Å². The highest BCUT2D eigenvalue weighted by atomic mass is 16.1. The minimum atomic E-state index is -0.228. The molecule has 0 atom stereocenters. The van der Waals surface area contributed by atoms with Gasteiger partial charge in [0.1, 0.15) is 5.65 Å². The number of carbonyl (C=O) groups is 1. The Morgan fingerprint density at radius 1 is 1.08 bits per heavy atom. The fourth-order valence-corrected chi connectivity index (χ4v) is 6.52. The van der Waals surface area contributed by atoms with E-state index in [2.05, 4.69) is 58.2 Å². The summed E-state index contributed by atoms with van der Waals surface area (Å²) in [5.41, 5.74) is 3.92. The number of anilines is 3. The highest BCUT2D eigenvalue weighted by Crippen LogP contribution is 2.42. The van der Waals surface area contributed by atoms with Crippen LogP contribution in [0.4, 0.5) is 17.3 Å². The number of Topliss-reactive ketones (excluding diaryl/α,β-unsaturated/α-hetero) is 1. The molecule has 4 heterocycles. The summed E-state index contributed by atoms with van der Waals surface area (Å²) in [5.74, 6) is 0.244. The molecule has 2 aromatic heterocycles. The van der Waals surface area contributed by atoms with E-state index in [0.29, 0.717) is 28.6 Å². The molecule has 1 spiro atoms. The van der Waals surface area contributed by atoms with Crippen molar-refractivity contribution in [1.82, 2.24) is 19.4 Å². The van der Waals surface area contributed by atoms with Crippen LogP contribution in [-0.4, -0.2) is 57.4 Å². The zero-order valence-electron chi connectivity index (χ0n) is 22.3. The van der Waals surface area contributed by atoms with Crippen LogP contribution in [-0.2, 0) is 0 Å². The quantitative estimate of drug-likeness (QED) is 0.492. The van der Waals surface area contributed by atoms with Gasteiger partial charge in [-0.25, -0.2) is 4.98 Å². The Hall–Kier alpha value is -3.26. The first kappa shape index (κ1) is 24.1. The van der Waals surface area contributed by atoms with Crippen LogP contribution in [0.5, 0.6) is 0 Å². The number of hydrogen-bond acceptors (Lipinski definition) is 7. The summed E-state index contributed by atoms with van der Waals surface area (Å²) in [6.45, 7) is 12.5. The van der Waals surface area contributed by atoms with E-state index in [4.69, 9.17) is 4.98 Å². The van der Waals surface area contributed by atoms with Gasteiger partial charge in [-0.15, -0.1) is 0 Å². The molecule has 0 bridgehead atoms. The van der Waals surface area contributed by atoms with Crippen LogP contribution in [0.1, 0.15) is 68.4 Å². The summed E-state index contributed by atoms with van der Waals surface area (Å²) in [7, 11) is 0. The van der Waals surface area contributed by atoms with Gasteiger partial charge in [0, 0.05) is 66.6 Å². The number of nitrogens with zero attached hydrogens (tertiary/aromatic N) is 5. The maximum Gasteiger partial charge on any atom is 0.263 e. The molecule has 0 radical (unpaired) electrons. The monoisotopic (exact) mass is 500 g/mol. The van der Waals surface area contributed by atoms with Gasteiger partial charge < -0.3 is 10.2 Å². The molecule has 2 aliphatic heterocycles. The fraction of sp³-hybridized carbons (Fsp3) is 0.517. The van der Waals surface area contributed by atoms with Crippen molar-refractivity contribution in [2.75, 3.05) is 36.4 Å². The van der Waals surface area contributed by atoms with E-state index < -0.39 is 0 Å². The lowest BCUT2D eigenvalue weighted by molar-refractivity contribution is -0.0411. The number of likely N-dealkylation sites (tertiary alicyclic amines) is 1. The van der Waals surface area contributed by atoms with Gasteiger partial charge in [-0.3, -0.25) is 19.1 Å². The van der Waals surface area contributed by atoms with Gasteiger partial charge in [-0.1, -0.05) is 12.8 Å². The van der Waals surface area contributed by atoms with Crippen molar-refractivity contribution in [3.05, 3.63) is 51.9 Å². The number of nitrogens with one attached hydrogen (secondary N) is 1. The van der Waals surface area contributed by atoms with E-state index in [1.807, 2.05) is 6.92 Å². The number of ketones is 1. The average Bonchev–Trinajstić information content (AvgIpc) is 3.32. The Labute approximate surface area is 217 Å². The van der Waals surface area contributed by atoms with Crippen molar-refractivity contribution >= 4 is 34.1 Å². The lowest BCUT2D eigenvalue weighted by Crippen LogP contribution is -2.73. The molecule has 2 saturated heterocycles. The first-order valence-corrected chi connectivity index (χ1v) is 13.5. The molecule has 1 saturated carbocycles. The smallest absolute Gasteiger partial charge is 0.263 e. The highest BCUT2D eigenvalue weighted by Gasteiger charge is 2.52. The Balaban J connectivity index is 1.23. The number of hydrogen-bond donors (Lipinski definition) is 1. The molecule has 8 nitrogen and oxygen atoms in total. The summed E-state index contributed by atoms with van der Waals surface area (Å²) in [6, 6.07) is 9.11. The van der Waals surface area contributed by atoms with E-state index in [9.17, 15) is 9.59 Å². The van der Waals surface area contributed by atoms with Crippen molar-refractivity contribution in [3.8, 4) is 0 Å². The predicted molar refractivity (Wildman–Crippen MR) is 147 cm³/mol. The van der Waals surface area contributed by atoms with Crippen LogP contribution in [0, 0.1) is 12.3 Å². The lowest BCUT2D eigenvalue weighted by atomic mass is 9.72. The topological polar surface area (TPSA) is 83.4 Å². The van der Waals surface area contributed by atoms with Gasteiger partial charge >= 0.3 is 0 Å². The third kappa shape index (κ3) is 4.11. The Morgan fingerprint density at radius 3 is 2.38 bits per heavy atom. The maximum atomic E-state index is 13.4. The average molecular weight is 501 g/mol. The van der Waals surface area contributed by atoms with Crippen molar-refractivity contribution in [2.45, 2.75) is 65.5 Å². The Bertz CT molecular complexity index is 1410. The molecule has 0 amide bonds. The number of pyridine rings is 1. The number of aromatic nitrogens is 3. The predicted octanol–water partition coefficient (Wildman–Crippen LogP) is 4.69. The van der Waals surface area contributed by atoms with E-state index in [1.54, 1.807) is 10.8 Å². The molecule has 1 aromatic carbocycles. The molecule has 3 aromatic rings. The standard InChI is InChI=1S/C29H36N6O2/c1-18(2)33-14-29(15-33)16-34(17-29)22-11-9-21(10-12-22)31-28-30-13-24-19(3)25(20(4)36)27(37)35(26(24)32-28)23-7-5-6-8-23/h9-13,18,23H,5-8,14-17H2,1-4H3,(H,30,31,32). The van der Waals surface area contributed by atoms with E-state index in [0.717, 1.165) is 49.8 Å². The van der Waals surface area contributed by atoms with Crippen LogP contribution in [0.2, 0.25) is 0 Å². The number of rotatable bonds is 6. The second-order valence-electron chi connectivity index (χ2n) is 11.6. The molecule has 8 heteroatoms. The van der Waals surface area contributed by atoms with Gasteiger partial charge in [0.05, 0.1) is 5.56 Å². The third-order valence-corrected chi connectivity index (χ3v) is 8.60. The van der Waals surface area contributed by atoms with Gasteiger partial charge in [0.2, 0.25) is 5.95 Å². The summed E-state index contributed by atoms with van der Waals surface area (Å²) in [4.78, 5) is 40.1. The minimum Gasteiger partial charge on any atom is -0.370 e. The molecular weight excluding hydrogens is 464 g/mol. The van der Waals surface area contributed by atoms with E-state index in [-0.39, 0.29) is 22.9 Å².